The molecule has 0 spiro atoms. The van der Waals surface area contributed by atoms with Gasteiger partial charge in [0, 0.05) is 21.2 Å². The van der Waals surface area contributed by atoms with Crippen LogP contribution in [0.5, 0.6) is 0 Å². The summed E-state index contributed by atoms with van der Waals surface area (Å²) >= 11 is 24.4. The van der Waals surface area contributed by atoms with Gasteiger partial charge in [-0.25, -0.2) is 0 Å². The second kappa shape index (κ2) is 9.85. The van der Waals surface area contributed by atoms with Crippen molar-refractivity contribution >= 4 is 58.3 Å². The van der Waals surface area contributed by atoms with Gasteiger partial charge in [-0.1, -0.05) is 58.6 Å². The van der Waals surface area contributed by atoms with Gasteiger partial charge < -0.3 is 8.83 Å². The zero-order chi connectivity index (χ0) is 22.7. The molecular formula is C25H14Cl4O3. The minimum absolute atomic E-state index is 0.191. The Kier molecular flexibility index (Phi) is 6.92. The van der Waals surface area contributed by atoms with Crippen molar-refractivity contribution in [2.45, 2.75) is 0 Å². The van der Waals surface area contributed by atoms with E-state index in [0.717, 1.165) is 0 Å². The predicted molar refractivity (Wildman–Crippen MR) is 131 cm³/mol. The molecule has 2 aromatic carbocycles. The average Bonchev–Trinajstić information content (AvgIpc) is 3.44. The Morgan fingerprint density at radius 1 is 0.688 bits per heavy atom. The van der Waals surface area contributed by atoms with Crippen LogP contribution in [-0.2, 0) is 0 Å². The lowest BCUT2D eigenvalue weighted by Gasteiger charge is -2.01. The second-order valence-electron chi connectivity index (χ2n) is 6.70. The van der Waals surface area contributed by atoms with Gasteiger partial charge in [0.1, 0.15) is 17.3 Å². The van der Waals surface area contributed by atoms with Crippen LogP contribution in [0.3, 0.4) is 0 Å². The Morgan fingerprint density at radius 3 is 1.94 bits per heavy atom. The van der Waals surface area contributed by atoms with E-state index in [-0.39, 0.29) is 11.5 Å². The summed E-state index contributed by atoms with van der Waals surface area (Å²) in [6.07, 6.45) is 6.42. The number of allylic oxidation sites excluding steroid dienone is 3. The standard InChI is InChI=1S/C25H14Cl4O3/c26-15-5-8-20(28)18(13-15)23-10-7-17(31-23)3-1-2-4-22(30)25-12-11-24(32-25)19-14-16(27)6-9-21(19)29/h1-14H. The summed E-state index contributed by atoms with van der Waals surface area (Å²) in [5.41, 5.74) is 1.33. The SMILES string of the molecule is O=C(C=CC=Cc1ccc(-c2cc(Cl)ccc2Cl)o1)c1ccc(-c2cc(Cl)ccc2Cl)o1. The summed E-state index contributed by atoms with van der Waals surface area (Å²) in [5, 5.41) is 2.12. The van der Waals surface area contributed by atoms with E-state index in [0.29, 0.717) is 48.5 Å². The second-order valence-corrected chi connectivity index (χ2v) is 8.38. The number of halogens is 4. The van der Waals surface area contributed by atoms with E-state index < -0.39 is 0 Å². The maximum Gasteiger partial charge on any atom is 0.221 e. The van der Waals surface area contributed by atoms with Crippen LogP contribution in [0.25, 0.3) is 28.7 Å². The van der Waals surface area contributed by atoms with Crippen LogP contribution in [0.2, 0.25) is 20.1 Å². The molecule has 0 aliphatic carbocycles. The molecule has 0 bridgehead atoms. The van der Waals surface area contributed by atoms with Crippen molar-refractivity contribution in [3.05, 3.63) is 111 Å². The van der Waals surface area contributed by atoms with E-state index >= 15 is 0 Å². The smallest absolute Gasteiger partial charge is 0.221 e. The molecule has 0 aliphatic rings. The average molecular weight is 504 g/mol. The molecule has 0 atom stereocenters. The summed E-state index contributed by atoms with van der Waals surface area (Å²) < 4.78 is 11.4. The van der Waals surface area contributed by atoms with Crippen LogP contribution >= 0.6 is 46.4 Å². The predicted octanol–water partition coefficient (Wildman–Crippen LogP) is 9.27. The molecule has 0 aliphatic heterocycles. The zero-order valence-corrected chi connectivity index (χ0v) is 19.3. The van der Waals surface area contributed by atoms with E-state index in [1.54, 1.807) is 78.9 Å². The fourth-order valence-electron chi connectivity index (χ4n) is 2.95. The van der Waals surface area contributed by atoms with Crippen molar-refractivity contribution in [2.24, 2.45) is 0 Å². The van der Waals surface area contributed by atoms with Gasteiger partial charge in [-0.15, -0.1) is 0 Å². The fourth-order valence-corrected chi connectivity index (χ4v) is 3.72. The first kappa shape index (κ1) is 22.5. The molecule has 0 saturated carbocycles. The minimum Gasteiger partial charge on any atom is -0.457 e. The van der Waals surface area contributed by atoms with Crippen molar-refractivity contribution in [1.82, 2.24) is 0 Å². The lowest BCUT2D eigenvalue weighted by atomic mass is 10.2. The Balaban J connectivity index is 1.43. The third-order valence-electron chi connectivity index (χ3n) is 4.48. The topological polar surface area (TPSA) is 43.4 Å². The van der Waals surface area contributed by atoms with Gasteiger partial charge in [-0.3, -0.25) is 4.79 Å². The zero-order valence-electron chi connectivity index (χ0n) is 16.3. The van der Waals surface area contributed by atoms with Crippen LogP contribution in [0.15, 0.2) is 87.7 Å². The molecule has 0 N–H and O–H groups in total. The Hall–Kier alpha value is -2.69. The first-order valence-electron chi connectivity index (χ1n) is 9.40. The Morgan fingerprint density at radius 2 is 1.28 bits per heavy atom. The normalized spacial score (nSPS) is 11.6. The van der Waals surface area contributed by atoms with Gasteiger partial charge in [0.2, 0.25) is 5.78 Å². The molecule has 0 radical (unpaired) electrons. The molecule has 7 heteroatoms. The first-order chi connectivity index (χ1) is 15.4. The van der Waals surface area contributed by atoms with Gasteiger partial charge in [0.05, 0.1) is 10.0 Å². The Labute approximate surface area is 204 Å². The molecule has 0 unspecified atom stereocenters. The van der Waals surface area contributed by atoms with Crippen LogP contribution in [-0.4, -0.2) is 5.78 Å². The van der Waals surface area contributed by atoms with E-state index in [2.05, 4.69) is 0 Å². The molecule has 2 aromatic heterocycles. The Bertz CT molecular complexity index is 1340. The molecule has 0 fully saturated rings. The highest BCUT2D eigenvalue weighted by Gasteiger charge is 2.13. The lowest BCUT2D eigenvalue weighted by molar-refractivity contribution is 0.102. The van der Waals surface area contributed by atoms with Gasteiger partial charge in [0.25, 0.3) is 0 Å². The summed E-state index contributed by atoms with van der Waals surface area (Å²) in [7, 11) is 0. The van der Waals surface area contributed by atoms with Gasteiger partial charge in [-0.2, -0.15) is 0 Å². The van der Waals surface area contributed by atoms with Crippen molar-refractivity contribution in [3.63, 3.8) is 0 Å². The largest absolute Gasteiger partial charge is 0.457 e. The third kappa shape index (κ3) is 5.20. The van der Waals surface area contributed by atoms with Crippen LogP contribution in [0.1, 0.15) is 16.3 Å². The van der Waals surface area contributed by atoms with Gasteiger partial charge in [0.15, 0.2) is 5.76 Å². The fraction of sp³-hybridized carbons (Fsp3) is 0. The number of carbonyl (C=O) groups is 1. The number of benzene rings is 2. The molecule has 0 amide bonds. The minimum atomic E-state index is -0.287. The lowest BCUT2D eigenvalue weighted by Crippen LogP contribution is -1.90. The maximum absolute atomic E-state index is 12.4. The third-order valence-corrected chi connectivity index (χ3v) is 5.61. The molecule has 3 nitrogen and oxygen atoms in total. The van der Waals surface area contributed by atoms with E-state index in [1.807, 2.05) is 0 Å². The number of carbonyl (C=O) groups excluding carboxylic acids is 1. The highest BCUT2D eigenvalue weighted by molar-refractivity contribution is 6.35. The number of hydrogen-bond acceptors (Lipinski definition) is 3. The number of rotatable bonds is 6. The van der Waals surface area contributed by atoms with Crippen molar-refractivity contribution in [1.29, 1.82) is 0 Å². The van der Waals surface area contributed by atoms with Crippen molar-refractivity contribution < 1.29 is 13.6 Å². The highest BCUT2D eigenvalue weighted by Crippen LogP contribution is 2.33. The molecule has 0 saturated heterocycles. The summed E-state index contributed by atoms with van der Waals surface area (Å²) in [5.74, 6) is 1.57. The number of ketones is 1. The molecule has 4 aromatic rings. The maximum atomic E-state index is 12.4. The van der Waals surface area contributed by atoms with Crippen LogP contribution in [0, 0.1) is 0 Å². The highest BCUT2D eigenvalue weighted by atomic mass is 35.5. The number of hydrogen-bond donors (Lipinski definition) is 0. The summed E-state index contributed by atoms with van der Waals surface area (Å²) in [6.45, 7) is 0. The van der Waals surface area contributed by atoms with Gasteiger partial charge in [-0.05, 0) is 72.8 Å². The van der Waals surface area contributed by atoms with Crippen LogP contribution in [0.4, 0.5) is 0 Å². The van der Waals surface area contributed by atoms with E-state index in [1.165, 1.54) is 6.08 Å². The number of furan rings is 2. The first-order valence-corrected chi connectivity index (χ1v) is 10.9. The quantitative estimate of drug-likeness (QED) is 0.149. The van der Waals surface area contributed by atoms with E-state index in [4.69, 9.17) is 55.2 Å². The molecule has 160 valence electrons. The summed E-state index contributed by atoms with van der Waals surface area (Å²) in [4.78, 5) is 12.4. The monoisotopic (exact) mass is 502 g/mol. The van der Waals surface area contributed by atoms with Crippen LogP contribution < -0.4 is 0 Å². The molecular weight excluding hydrogens is 490 g/mol. The van der Waals surface area contributed by atoms with E-state index in [9.17, 15) is 4.79 Å². The van der Waals surface area contributed by atoms with Crippen molar-refractivity contribution in [2.75, 3.05) is 0 Å². The molecule has 4 rings (SSSR count). The van der Waals surface area contributed by atoms with Gasteiger partial charge >= 0.3 is 0 Å². The molecule has 2 heterocycles. The summed E-state index contributed by atoms with van der Waals surface area (Å²) in [6, 6.07) is 17.1. The molecule has 32 heavy (non-hydrogen) atoms. The van der Waals surface area contributed by atoms with Crippen molar-refractivity contribution in [3.8, 4) is 22.6 Å².